The fourth-order valence-electron chi connectivity index (χ4n) is 3.00. The molecule has 3 rings (SSSR count). The molecule has 0 radical (unpaired) electrons. The van der Waals surface area contributed by atoms with E-state index in [2.05, 4.69) is 4.72 Å². The van der Waals surface area contributed by atoms with Crippen molar-refractivity contribution in [2.24, 2.45) is 0 Å². The third kappa shape index (κ3) is 5.68. The standard InChI is InChI=1S/C23H22ClNO3S/c1-16-3-6-18(7-4-16)13-22(26)14-19-8-5-17(2)23(15-19)29(27,28)25-21-11-9-20(24)10-12-21/h3-12,15,25H,13-14H2,1-2H3. The van der Waals surface area contributed by atoms with Gasteiger partial charge in [0.1, 0.15) is 5.78 Å². The number of hydrogen-bond acceptors (Lipinski definition) is 3. The highest BCUT2D eigenvalue weighted by atomic mass is 35.5. The SMILES string of the molecule is Cc1ccc(CC(=O)Cc2ccc(C)c(S(=O)(=O)Nc3ccc(Cl)cc3)c2)cc1. The van der Waals surface area contributed by atoms with Gasteiger partial charge in [-0.3, -0.25) is 9.52 Å². The first-order valence-electron chi connectivity index (χ1n) is 9.18. The van der Waals surface area contributed by atoms with E-state index in [0.29, 0.717) is 28.3 Å². The van der Waals surface area contributed by atoms with Crippen molar-refractivity contribution in [3.8, 4) is 0 Å². The molecular weight excluding hydrogens is 406 g/mol. The molecule has 0 aliphatic rings. The van der Waals surface area contributed by atoms with E-state index in [1.165, 1.54) is 0 Å². The Morgan fingerprint density at radius 3 is 2.10 bits per heavy atom. The molecule has 150 valence electrons. The fraction of sp³-hybridized carbons (Fsp3) is 0.174. The van der Waals surface area contributed by atoms with Crippen molar-refractivity contribution in [3.05, 3.63) is 94.0 Å². The summed E-state index contributed by atoms with van der Waals surface area (Å²) < 4.78 is 28.2. The van der Waals surface area contributed by atoms with E-state index in [-0.39, 0.29) is 17.1 Å². The lowest BCUT2D eigenvalue weighted by atomic mass is 10.0. The minimum atomic E-state index is -3.78. The van der Waals surface area contributed by atoms with Gasteiger partial charge in [-0.1, -0.05) is 53.6 Å². The number of benzene rings is 3. The van der Waals surface area contributed by atoms with Crippen molar-refractivity contribution >= 4 is 33.1 Å². The van der Waals surface area contributed by atoms with Crippen molar-refractivity contribution in [3.63, 3.8) is 0 Å². The lowest BCUT2D eigenvalue weighted by Gasteiger charge is -2.12. The molecule has 0 atom stereocenters. The minimum absolute atomic E-state index is 0.0340. The van der Waals surface area contributed by atoms with Crippen molar-refractivity contribution in [1.82, 2.24) is 0 Å². The van der Waals surface area contributed by atoms with Crippen LogP contribution >= 0.6 is 11.6 Å². The van der Waals surface area contributed by atoms with Gasteiger partial charge >= 0.3 is 0 Å². The summed E-state index contributed by atoms with van der Waals surface area (Å²) in [6.45, 7) is 3.73. The van der Waals surface area contributed by atoms with E-state index in [0.717, 1.165) is 11.1 Å². The molecule has 0 amide bonds. The summed E-state index contributed by atoms with van der Waals surface area (Å²) in [7, 11) is -3.78. The first-order chi connectivity index (χ1) is 13.7. The number of nitrogens with one attached hydrogen (secondary N) is 1. The smallest absolute Gasteiger partial charge is 0.262 e. The van der Waals surface area contributed by atoms with Crippen LogP contribution in [0.25, 0.3) is 0 Å². The Balaban J connectivity index is 1.77. The van der Waals surface area contributed by atoms with Crippen molar-refractivity contribution in [2.75, 3.05) is 4.72 Å². The maximum absolute atomic E-state index is 12.8. The third-order valence-electron chi connectivity index (χ3n) is 4.56. The number of Topliss-reactive ketones (excluding diaryl/α,β-unsaturated/α-hetero) is 1. The van der Waals surface area contributed by atoms with Gasteiger partial charge in [-0.2, -0.15) is 0 Å². The van der Waals surface area contributed by atoms with Gasteiger partial charge in [0, 0.05) is 23.6 Å². The van der Waals surface area contributed by atoms with Crippen LogP contribution in [0.3, 0.4) is 0 Å². The number of sulfonamides is 1. The average Bonchev–Trinajstić information content (AvgIpc) is 2.67. The summed E-state index contributed by atoms with van der Waals surface area (Å²) in [6, 6.07) is 19.4. The van der Waals surface area contributed by atoms with Crippen molar-refractivity contribution in [2.45, 2.75) is 31.6 Å². The number of anilines is 1. The Morgan fingerprint density at radius 2 is 1.45 bits per heavy atom. The van der Waals surface area contributed by atoms with Crippen LogP contribution in [0.4, 0.5) is 5.69 Å². The lowest BCUT2D eigenvalue weighted by Crippen LogP contribution is -2.15. The monoisotopic (exact) mass is 427 g/mol. The number of rotatable bonds is 7. The van der Waals surface area contributed by atoms with Crippen LogP contribution in [0.2, 0.25) is 5.02 Å². The number of aryl methyl sites for hydroxylation is 2. The molecule has 0 spiro atoms. The molecule has 0 aliphatic heterocycles. The maximum atomic E-state index is 12.8. The minimum Gasteiger partial charge on any atom is -0.299 e. The van der Waals surface area contributed by atoms with E-state index in [4.69, 9.17) is 11.6 Å². The predicted molar refractivity (Wildman–Crippen MR) is 117 cm³/mol. The van der Waals surface area contributed by atoms with Gasteiger partial charge in [-0.25, -0.2) is 8.42 Å². The zero-order valence-corrected chi connectivity index (χ0v) is 17.8. The summed E-state index contributed by atoms with van der Waals surface area (Å²) in [5, 5.41) is 0.526. The molecule has 0 aromatic heterocycles. The topological polar surface area (TPSA) is 63.2 Å². The van der Waals surface area contributed by atoms with Gasteiger partial charge in [-0.15, -0.1) is 0 Å². The number of ketones is 1. The Morgan fingerprint density at radius 1 is 0.862 bits per heavy atom. The third-order valence-corrected chi connectivity index (χ3v) is 6.34. The van der Waals surface area contributed by atoms with Gasteiger partial charge in [0.05, 0.1) is 4.90 Å². The number of carbonyl (C=O) groups is 1. The van der Waals surface area contributed by atoms with Gasteiger partial charge in [0.25, 0.3) is 10.0 Å². The molecule has 0 fully saturated rings. The van der Waals surface area contributed by atoms with Crippen molar-refractivity contribution in [1.29, 1.82) is 0 Å². The second-order valence-corrected chi connectivity index (χ2v) is 9.18. The predicted octanol–water partition coefficient (Wildman–Crippen LogP) is 5.11. The van der Waals surface area contributed by atoms with Crippen LogP contribution in [-0.4, -0.2) is 14.2 Å². The maximum Gasteiger partial charge on any atom is 0.262 e. The lowest BCUT2D eigenvalue weighted by molar-refractivity contribution is -0.117. The first kappa shape index (κ1) is 21.1. The van der Waals surface area contributed by atoms with E-state index in [9.17, 15) is 13.2 Å². The second kappa shape index (κ2) is 8.80. The molecule has 0 heterocycles. The van der Waals surface area contributed by atoms with Crippen LogP contribution in [0.5, 0.6) is 0 Å². The zero-order valence-electron chi connectivity index (χ0n) is 16.3. The quantitative estimate of drug-likeness (QED) is 0.569. The van der Waals surface area contributed by atoms with Crippen LogP contribution < -0.4 is 4.72 Å². The fourth-order valence-corrected chi connectivity index (χ4v) is 4.48. The molecule has 29 heavy (non-hydrogen) atoms. The van der Waals surface area contributed by atoms with E-state index in [1.807, 2.05) is 31.2 Å². The zero-order chi connectivity index (χ0) is 21.0. The van der Waals surface area contributed by atoms with Crippen LogP contribution in [-0.2, 0) is 27.7 Å². The van der Waals surface area contributed by atoms with Gasteiger partial charge in [0.2, 0.25) is 0 Å². The van der Waals surface area contributed by atoms with Crippen LogP contribution in [0.15, 0.2) is 71.6 Å². The molecule has 0 aliphatic carbocycles. The molecule has 3 aromatic rings. The second-order valence-electron chi connectivity index (χ2n) is 7.09. The summed E-state index contributed by atoms with van der Waals surface area (Å²) in [4.78, 5) is 12.6. The van der Waals surface area contributed by atoms with E-state index >= 15 is 0 Å². The summed E-state index contributed by atoms with van der Waals surface area (Å²) >= 11 is 5.85. The summed E-state index contributed by atoms with van der Waals surface area (Å²) in [6.07, 6.45) is 0.497. The molecule has 1 N–H and O–H groups in total. The number of hydrogen-bond donors (Lipinski definition) is 1. The Kier molecular flexibility index (Phi) is 6.40. The van der Waals surface area contributed by atoms with Crippen LogP contribution in [0, 0.1) is 13.8 Å². The Bertz CT molecular complexity index is 1120. The van der Waals surface area contributed by atoms with E-state index in [1.54, 1.807) is 49.4 Å². The molecule has 3 aromatic carbocycles. The largest absolute Gasteiger partial charge is 0.299 e. The first-order valence-corrected chi connectivity index (χ1v) is 11.0. The molecule has 0 saturated carbocycles. The summed E-state index contributed by atoms with van der Waals surface area (Å²) in [5.41, 5.74) is 3.80. The van der Waals surface area contributed by atoms with Gasteiger partial charge in [0.15, 0.2) is 0 Å². The molecular formula is C23H22ClNO3S. The number of carbonyl (C=O) groups excluding carboxylic acids is 1. The Hall–Kier alpha value is -2.63. The molecule has 0 unspecified atom stereocenters. The highest BCUT2D eigenvalue weighted by molar-refractivity contribution is 7.92. The Labute approximate surface area is 176 Å². The van der Waals surface area contributed by atoms with E-state index < -0.39 is 10.0 Å². The van der Waals surface area contributed by atoms with Crippen molar-refractivity contribution < 1.29 is 13.2 Å². The highest BCUT2D eigenvalue weighted by Gasteiger charge is 2.18. The van der Waals surface area contributed by atoms with Gasteiger partial charge in [-0.05, 0) is 60.9 Å². The highest BCUT2D eigenvalue weighted by Crippen LogP contribution is 2.22. The number of halogens is 1. The molecule has 6 heteroatoms. The average molecular weight is 428 g/mol. The normalized spacial score (nSPS) is 11.3. The molecule has 0 bridgehead atoms. The summed E-state index contributed by atoms with van der Waals surface area (Å²) in [5.74, 6) is 0.0340. The van der Waals surface area contributed by atoms with Crippen LogP contribution in [0.1, 0.15) is 22.3 Å². The molecule has 4 nitrogen and oxygen atoms in total. The molecule has 0 saturated heterocycles. The van der Waals surface area contributed by atoms with Gasteiger partial charge < -0.3 is 0 Å².